The van der Waals surface area contributed by atoms with E-state index in [0.717, 1.165) is 19.4 Å². The van der Waals surface area contributed by atoms with Crippen LogP contribution in [0, 0.1) is 0 Å². The third-order valence-electron chi connectivity index (χ3n) is 2.11. The van der Waals surface area contributed by atoms with Crippen molar-refractivity contribution < 1.29 is 4.74 Å². The lowest BCUT2D eigenvalue weighted by Crippen LogP contribution is -2.53. The Hall–Kier alpha value is -0.770. The Kier molecular flexibility index (Phi) is 2.92. The van der Waals surface area contributed by atoms with Gasteiger partial charge in [0.05, 0.1) is 12.1 Å². The van der Waals surface area contributed by atoms with E-state index in [-0.39, 0.29) is 5.54 Å². The van der Waals surface area contributed by atoms with Crippen molar-refractivity contribution >= 4 is 5.96 Å². The van der Waals surface area contributed by atoms with Gasteiger partial charge in [0.1, 0.15) is 0 Å². The number of hydrogen-bond acceptors (Lipinski definition) is 2. The van der Waals surface area contributed by atoms with Gasteiger partial charge < -0.3 is 15.8 Å². The number of ether oxygens (including phenoxy) is 1. The van der Waals surface area contributed by atoms with Crippen molar-refractivity contribution in [2.75, 3.05) is 20.3 Å². The molecular weight excluding hydrogens is 154 g/mol. The summed E-state index contributed by atoms with van der Waals surface area (Å²) < 4.78 is 5.36. The zero-order valence-corrected chi connectivity index (χ0v) is 7.76. The average molecular weight is 171 g/mol. The Bertz CT molecular complexity index is 173. The van der Waals surface area contributed by atoms with Crippen LogP contribution in [0.1, 0.15) is 19.8 Å². The second kappa shape index (κ2) is 3.76. The third-order valence-corrected chi connectivity index (χ3v) is 2.11. The van der Waals surface area contributed by atoms with Gasteiger partial charge in [0.15, 0.2) is 5.96 Å². The molecule has 0 bridgehead atoms. The lowest BCUT2D eigenvalue weighted by Gasteiger charge is -2.34. The van der Waals surface area contributed by atoms with Gasteiger partial charge in [-0.2, -0.15) is 0 Å². The summed E-state index contributed by atoms with van der Waals surface area (Å²) in [4.78, 5) is 3.86. The van der Waals surface area contributed by atoms with Gasteiger partial charge in [-0.05, 0) is 19.8 Å². The summed E-state index contributed by atoms with van der Waals surface area (Å²) in [6.45, 7) is 3.67. The van der Waals surface area contributed by atoms with Gasteiger partial charge in [-0.3, -0.25) is 4.99 Å². The van der Waals surface area contributed by atoms with Crippen LogP contribution in [0.15, 0.2) is 4.99 Å². The molecule has 0 saturated carbocycles. The number of nitrogens with two attached hydrogens (primary N) is 1. The van der Waals surface area contributed by atoms with Gasteiger partial charge in [0, 0.05) is 13.7 Å². The molecule has 4 heteroatoms. The van der Waals surface area contributed by atoms with Crippen LogP contribution < -0.4 is 11.1 Å². The molecule has 1 atom stereocenters. The molecule has 3 N–H and O–H groups in total. The fourth-order valence-corrected chi connectivity index (χ4v) is 1.40. The number of rotatable bonds is 1. The second-order valence-electron chi connectivity index (χ2n) is 3.45. The first-order chi connectivity index (χ1) is 5.66. The topological polar surface area (TPSA) is 59.6 Å². The van der Waals surface area contributed by atoms with E-state index in [4.69, 9.17) is 10.5 Å². The van der Waals surface area contributed by atoms with E-state index in [9.17, 15) is 0 Å². The maximum Gasteiger partial charge on any atom is 0.188 e. The minimum absolute atomic E-state index is 0.0259. The summed E-state index contributed by atoms with van der Waals surface area (Å²) in [6, 6.07) is 0. The Morgan fingerprint density at radius 2 is 2.42 bits per heavy atom. The molecule has 4 nitrogen and oxygen atoms in total. The highest BCUT2D eigenvalue weighted by atomic mass is 16.5. The molecule has 70 valence electrons. The summed E-state index contributed by atoms with van der Waals surface area (Å²) in [5.41, 5.74) is 5.55. The minimum atomic E-state index is -0.0259. The van der Waals surface area contributed by atoms with Crippen molar-refractivity contribution in [3.05, 3.63) is 0 Å². The van der Waals surface area contributed by atoms with Gasteiger partial charge in [-0.25, -0.2) is 0 Å². The minimum Gasteiger partial charge on any atom is -0.379 e. The van der Waals surface area contributed by atoms with E-state index in [1.807, 2.05) is 0 Å². The standard InChI is InChI=1S/C8H17N3O/c1-8(11-7(9)10-2)4-3-5-12-6-8/h3-6H2,1-2H3,(H3,9,10,11). The molecule has 0 spiro atoms. The number of nitrogens with one attached hydrogen (secondary N) is 1. The highest BCUT2D eigenvalue weighted by Gasteiger charge is 2.27. The van der Waals surface area contributed by atoms with Crippen LogP contribution in [-0.4, -0.2) is 31.8 Å². The summed E-state index contributed by atoms with van der Waals surface area (Å²) in [7, 11) is 1.68. The molecule has 0 radical (unpaired) electrons. The molecule has 0 amide bonds. The van der Waals surface area contributed by atoms with Crippen molar-refractivity contribution in [2.45, 2.75) is 25.3 Å². The summed E-state index contributed by atoms with van der Waals surface area (Å²) in [6.07, 6.45) is 2.17. The first kappa shape index (κ1) is 9.32. The van der Waals surface area contributed by atoms with Crippen molar-refractivity contribution in [1.29, 1.82) is 0 Å². The molecule has 1 saturated heterocycles. The van der Waals surface area contributed by atoms with Crippen molar-refractivity contribution in [3.63, 3.8) is 0 Å². The highest BCUT2D eigenvalue weighted by molar-refractivity contribution is 5.78. The van der Waals surface area contributed by atoms with Crippen LogP contribution in [0.5, 0.6) is 0 Å². The van der Waals surface area contributed by atoms with E-state index >= 15 is 0 Å². The van der Waals surface area contributed by atoms with E-state index in [2.05, 4.69) is 17.2 Å². The molecule has 12 heavy (non-hydrogen) atoms. The SMILES string of the molecule is CN=C(N)NC1(C)CCCOC1. The van der Waals surface area contributed by atoms with E-state index in [0.29, 0.717) is 12.6 Å². The Labute approximate surface area is 73.2 Å². The van der Waals surface area contributed by atoms with Crippen LogP contribution in [-0.2, 0) is 4.74 Å². The quantitative estimate of drug-likeness (QED) is 0.434. The molecule has 1 rings (SSSR count). The molecule has 0 aliphatic carbocycles. The third kappa shape index (κ3) is 2.37. The molecule has 1 aliphatic rings. The Morgan fingerprint density at radius 3 is 2.92 bits per heavy atom. The zero-order valence-electron chi connectivity index (χ0n) is 7.76. The predicted molar refractivity (Wildman–Crippen MR) is 49.1 cm³/mol. The number of nitrogens with zero attached hydrogens (tertiary/aromatic N) is 1. The maximum absolute atomic E-state index is 5.57. The number of guanidine groups is 1. The monoisotopic (exact) mass is 171 g/mol. The van der Waals surface area contributed by atoms with Gasteiger partial charge in [0.25, 0.3) is 0 Å². The van der Waals surface area contributed by atoms with Crippen molar-refractivity contribution in [3.8, 4) is 0 Å². The van der Waals surface area contributed by atoms with E-state index in [1.54, 1.807) is 7.05 Å². The van der Waals surface area contributed by atoms with Crippen LogP contribution in [0.25, 0.3) is 0 Å². The van der Waals surface area contributed by atoms with Gasteiger partial charge >= 0.3 is 0 Å². The van der Waals surface area contributed by atoms with Gasteiger partial charge in [-0.1, -0.05) is 0 Å². The molecular formula is C8H17N3O. The van der Waals surface area contributed by atoms with Crippen LogP contribution >= 0.6 is 0 Å². The summed E-state index contributed by atoms with van der Waals surface area (Å²) in [5, 5.41) is 3.15. The Morgan fingerprint density at radius 1 is 1.67 bits per heavy atom. The van der Waals surface area contributed by atoms with E-state index in [1.165, 1.54) is 0 Å². The molecule has 1 fully saturated rings. The molecule has 0 aromatic heterocycles. The van der Waals surface area contributed by atoms with Crippen molar-refractivity contribution in [1.82, 2.24) is 5.32 Å². The predicted octanol–water partition coefficient (Wildman–Crippen LogP) is 0.0896. The van der Waals surface area contributed by atoms with Gasteiger partial charge in [0.2, 0.25) is 0 Å². The molecule has 0 aromatic rings. The largest absolute Gasteiger partial charge is 0.379 e. The Balaban J connectivity index is 2.46. The lowest BCUT2D eigenvalue weighted by atomic mass is 9.95. The molecule has 1 unspecified atom stereocenters. The maximum atomic E-state index is 5.57. The van der Waals surface area contributed by atoms with Crippen LogP contribution in [0.3, 0.4) is 0 Å². The number of hydrogen-bond donors (Lipinski definition) is 2. The normalized spacial score (nSPS) is 31.7. The van der Waals surface area contributed by atoms with Crippen LogP contribution in [0.4, 0.5) is 0 Å². The first-order valence-electron chi connectivity index (χ1n) is 4.24. The van der Waals surface area contributed by atoms with Gasteiger partial charge in [-0.15, -0.1) is 0 Å². The fourth-order valence-electron chi connectivity index (χ4n) is 1.40. The first-order valence-corrected chi connectivity index (χ1v) is 4.24. The molecule has 1 aliphatic heterocycles. The van der Waals surface area contributed by atoms with Crippen molar-refractivity contribution in [2.24, 2.45) is 10.7 Å². The average Bonchev–Trinajstić information content (AvgIpc) is 2.05. The lowest BCUT2D eigenvalue weighted by molar-refractivity contribution is 0.0369. The molecule has 1 heterocycles. The highest BCUT2D eigenvalue weighted by Crippen LogP contribution is 2.17. The second-order valence-corrected chi connectivity index (χ2v) is 3.45. The summed E-state index contributed by atoms with van der Waals surface area (Å²) >= 11 is 0. The van der Waals surface area contributed by atoms with E-state index < -0.39 is 0 Å². The summed E-state index contributed by atoms with van der Waals surface area (Å²) in [5.74, 6) is 0.489. The van der Waals surface area contributed by atoms with Crippen LogP contribution in [0.2, 0.25) is 0 Å². The number of aliphatic imine (C=N–C) groups is 1. The molecule has 0 aromatic carbocycles. The zero-order chi connectivity index (χ0) is 9.03. The smallest absolute Gasteiger partial charge is 0.188 e. The fraction of sp³-hybridized carbons (Fsp3) is 0.875.